The lowest BCUT2D eigenvalue weighted by molar-refractivity contribution is 0.544. The van der Waals surface area contributed by atoms with Crippen LogP contribution in [-0.4, -0.2) is 16.3 Å². The number of hydrogen-bond acceptors (Lipinski definition) is 3. The number of anilines is 1. The van der Waals surface area contributed by atoms with E-state index in [1.54, 1.807) is 0 Å². The highest BCUT2D eigenvalue weighted by Crippen LogP contribution is 2.30. The highest BCUT2D eigenvalue weighted by molar-refractivity contribution is 5.48. The lowest BCUT2D eigenvalue weighted by atomic mass is 9.87. The van der Waals surface area contributed by atoms with Crippen LogP contribution < -0.4 is 11.1 Å². The molecule has 114 valence electrons. The summed E-state index contributed by atoms with van der Waals surface area (Å²) < 4.78 is 1.87. The first-order valence-electron chi connectivity index (χ1n) is 7.38. The summed E-state index contributed by atoms with van der Waals surface area (Å²) in [4.78, 5) is 0. The van der Waals surface area contributed by atoms with Crippen LogP contribution in [0, 0.1) is 6.92 Å². The third-order valence-electron chi connectivity index (χ3n) is 3.54. The zero-order valence-corrected chi connectivity index (χ0v) is 13.6. The van der Waals surface area contributed by atoms with Crippen molar-refractivity contribution in [3.8, 4) is 0 Å². The maximum absolute atomic E-state index is 6.01. The molecule has 0 saturated heterocycles. The average molecular weight is 286 g/mol. The molecule has 2 aromatic rings. The molecule has 0 aliphatic heterocycles. The Morgan fingerprint density at radius 3 is 2.62 bits per heavy atom. The number of nitrogens with zero attached hydrogens (tertiary/aromatic N) is 2. The zero-order chi connectivity index (χ0) is 15.6. The Labute approximate surface area is 127 Å². The quantitative estimate of drug-likeness (QED) is 0.908. The summed E-state index contributed by atoms with van der Waals surface area (Å²) >= 11 is 0. The maximum atomic E-state index is 6.01. The van der Waals surface area contributed by atoms with E-state index in [0.717, 1.165) is 11.4 Å². The molecule has 1 aromatic heterocycles. The van der Waals surface area contributed by atoms with E-state index in [2.05, 4.69) is 68.6 Å². The molecule has 1 aromatic carbocycles. The topological polar surface area (TPSA) is 55.9 Å². The standard InChI is InChI=1S/C17H26N4/c1-12-7-6-8-13(9-12)19-15(10-18)14-11-21(5)20-16(14)17(2,3)4/h6-9,11,15,19H,10,18H2,1-5H3. The van der Waals surface area contributed by atoms with Crippen LogP contribution in [0.1, 0.15) is 43.6 Å². The van der Waals surface area contributed by atoms with Crippen molar-refractivity contribution in [3.63, 3.8) is 0 Å². The minimum absolute atomic E-state index is 0.00169. The van der Waals surface area contributed by atoms with Gasteiger partial charge in [0.15, 0.2) is 0 Å². The molecular formula is C17H26N4. The number of nitrogens with one attached hydrogen (secondary N) is 1. The van der Waals surface area contributed by atoms with Gasteiger partial charge in [-0.3, -0.25) is 4.68 Å². The van der Waals surface area contributed by atoms with E-state index in [1.807, 2.05) is 11.7 Å². The molecule has 0 amide bonds. The Bertz CT molecular complexity index is 607. The average Bonchev–Trinajstić information content (AvgIpc) is 2.78. The molecule has 0 saturated carbocycles. The fourth-order valence-electron chi connectivity index (χ4n) is 2.54. The second-order valence-electron chi connectivity index (χ2n) is 6.66. The lowest BCUT2D eigenvalue weighted by Gasteiger charge is -2.23. The van der Waals surface area contributed by atoms with E-state index in [0.29, 0.717) is 6.54 Å². The Hall–Kier alpha value is -1.81. The molecule has 0 radical (unpaired) electrons. The number of aryl methyl sites for hydroxylation is 2. The van der Waals surface area contributed by atoms with Crippen molar-refractivity contribution >= 4 is 5.69 Å². The van der Waals surface area contributed by atoms with Gasteiger partial charge in [0.2, 0.25) is 0 Å². The highest BCUT2D eigenvalue weighted by atomic mass is 15.3. The highest BCUT2D eigenvalue weighted by Gasteiger charge is 2.26. The number of nitrogens with two attached hydrogens (primary N) is 1. The summed E-state index contributed by atoms with van der Waals surface area (Å²) in [6.07, 6.45) is 2.07. The molecule has 1 atom stereocenters. The molecular weight excluding hydrogens is 260 g/mol. The van der Waals surface area contributed by atoms with Gasteiger partial charge in [-0.1, -0.05) is 32.9 Å². The number of rotatable bonds is 4. The van der Waals surface area contributed by atoms with Crippen molar-refractivity contribution in [1.82, 2.24) is 9.78 Å². The first kappa shape index (κ1) is 15.6. The molecule has 21 heavy (non-hydrogen) atoms. The van der Waals surface area contributed by atoms with Crippen molar-refractivity contribution in [2.75, 3.05) is 11.9 Å². The SMILES string of the molecule is Cc1cccc(NC(CN)c2cn(C)nc2C(C)(C)C)c1. The summed E-state index contributed by atoms with van der Waals surface area (Å²) in [5, 5.41) is 8.16. The van der Waals surface area contributed by atoms with Crippen molar-refractivity contribution in [2.24, 2.45) is 12.8 Å². The molecule has 2 rings (SSSR count). The van der Waals surface area contributed by atoms with Gasteiger partial charge in [-0.2, -0.15) is 5.10 Å². The van der Waals surface area contributed by atoms with Crippen LogP contribution in [-0.2, 0) is 12.5 Å². The van der Waals surface area contributed by atoms with Gasteiger partial charge >= 0.3 is 0 Å². The Morgan fingerprint density at radius 1 is 1.33 bits per heavy atom. The van der Waals surface area contributed by atoms with E-state index in [-0.39, 0.29) is 11.5 Å². The first-order valence-corrected chi connectivity index (χ1v) is 7.38. The van der Waals surface area contributed by atoms with Gasteiger partial charge in [-0.25, -0.2) is 0 Å². The molecule has 0 aliphatic rings. The smallest absolute Gasteiger partial charge is 0.0731 e. The lowest BCUT2D eigenvalue weighted by Crippen LogP contribution is -2.24. The van der Waals surface area contributed by atoms with Gasteiger partial charge in [-0.15, -0.1) is 0 Å². The second-order valence-corrected chi connectivity index (χ2v) is 6.66. The van der Waals surface area contributed by atoms with Crippen molar-refractivity contribution in [2.45, 2.75) is 39.2 Å². The van der Waals surface area contributed by atoms with Crippen molar-refractivity contribution < 1.29 is 0 Å². The summed E-state index contributed by atoms with van der Waals surface area (Å²) in [5.41, 5.74) is 10.6. The van der Waals surface area contributed by atoms with Gasteiger partial charge in [0, 0.05) is 36.5 Å². The Kier molecular flexibility index (Phi) is 4.37. The van der Waals surface area contributed by atoms with Crippen molar-refractivity contribution in [1.29, 1.82) is 0 Å². The number of aromatic nitrogens is 2. The maximum Gasteiger partial charge on any atom is 0.0731 e. The summed E-state index contributed by atoms with van der Waals surface area (Å²) in [7, 11) is 1.96. The van der Waals surface area contributed by atoms with Crippen LogP contribution in [0.5, 0.6) is 0 Å². The molecule has 1 heterocycles. The molecule has 4 heteroatoms. The van der Waals surface area contributed by atoms with E-state index < -0.39 is 0 Å². The first-order chi connectivity index (χ1) is 9.81. The summed E-state index contributed by atoms with van der Waals surface area (Å²) in [5.74, 6) is 0. The summed E-state index contributed by atoms with van der Waals surface area (Å²) in [6, 6.07) is 8.42. The van der Waals surface area contributed by atoms with Gasteiger partial charge in [0.1, 0.15) is 0 Å². The third-order valence-corrected chi connectivity index (χ3v) is 3.54. The van der Waals surface area contributed by atoms with E-state index in [4.69, 9.17) is 5.73 Å². The Balaban J connectivity index is 2.34. The van der Waals surface area contributed by atoms with E-state index in [9.17, 15) is 0 Å². The van der Waals surface area contributed by atoms with Crippen LogP contribution in [0.3, 0.4) is 0 Å². The van der Waals surface area contributed by atoms with Gasteiger partial charge < -0.3 is 11.1 Å². The minimum Gasteiger partial charge on any atom is -0.377 e. The fraction of sp³-hybridized carbons (Fsp3) is 0.471. The van der Waals surface area contributed by atoms with E-state index in [1.165, 1.54) is 11.1 Å². The van der Waals surface area contributed by atoms with Crippen molar-refractivity contribution in [3.05, 3.63) is 47.3 Å². The van der Waals surface area contributed by atoms with E-state index >= 15 is 0 Å². The largest absolute Gasteiger partial charge is 0.377 e. The van der Waals surface area contributed by atoms with Gasteiger partial charge in [0.25, 0.3) is 0 Å². The number of benzene rings is 1. The van der Waals surface area contributed by atoms with Crippen LogP contribution in [0.25, 0.3) is 0 Å². The van der Waals surface area contributed by atoms with Crippen LogP contribution in [0.4, 0.5) is 5.69 Å². The normalized spacial score (nSPS) is 13.2. The van der Waals surface area contributed by atoms with Gasteiger partial charge in [0.05, 0.1) is 11.7 Å². The predicted molar refractivity (Wildman–Crippen MR) is 88.5 cm³/mol. The van der Waals surface area contributed by atoms with Crippen LogP contribution in [0.15, 0.2) is 30.5 Å². The molecule has 4 nitrogen and oxygen atoms in total. The molecule has 0 fully saturated rings. The molecule has 0 aliphatic carbocycles. The zero-order valence-electron chi connectivity index (χ0n) is 13.6. The van der Waals surface area contributed by atoms with Crippen LogP contribution >= 0.6 is 0 Å². The molecule has 0 spiro atoms. The molecule has 3 N–H and O–H groups in total. The number of hydrogen-bond donors (Lipinski definition) is 2. The molecule has 0 bridgehead atoms. The minimum atomic E-state index is -0.00169. The van der Waals surface area contributed by atoms with Gasteiger partial charge in [-0.05, 0) is 24.6 Å². The third kappa shape index (κ3) is 3.64. The van der Waals surface area contributed by atoms with Crippen LogP contribution in [0.2, 0.25) is 0 Å². The molecule has 1 unspecified atom stereocenters. The fourth-order valence-corrected chi connectivity index (χ4v) is 2.54. The second kappa shape index (κ2) is 5.90. The monoisotopic (exact) mass is 286 g/mol. The summed E-state index contributed by atoms with van der Waals surface area (Å²) in [6.45, 7) is 9.16. The predicted octanol–water partition coefficient (Wildman–Crippen LogP) is 3.14. The Morgan fingerprint density at radius 2 is 2.05 bits per heavy atom.